The predicted octanol–water partition coefficient (Wildman–Crippen LogP) is 3.09. The molecule has 1 aliphatic heterocycles. The molecule has 130 valence electrons. The summed E-state index contributed by atoms with van der Waals surface area (Å²) in [6.07, 6.45) is 8.04. The van der Waals surface area contributed by atoms with Crippen LogP contribution < -0.4 is 0 Å². The first-order valence-corrected chi connectivity index (χ1v) is 9.00. The first kappa shape index (κ1) is 15.9. The van der Waals surface area contributed by atoms with E-state index in [1.165, 1.54) is 5.39 Å². The van der Waals surface area contributed by atoms with Crippen LogP contribution in [0.2, 0.25) is 0 Å². The Morgan fingerprint density at radius 2 is 1.92 bits per heavy atom. The number of rotatable bonds is 4. The second kappa shape index (κ2) is 6.75. The number of likely N-dealkylation sites (tertiary alicyclic amines) is 1. The number of hydrogen-bond acceptors (Lipinski definition) is 2. The van der Waals surface area contributed by atoms with Crippen molar-refractivity contribution >= 4 is 16.8 Å². The Hall–Kier alpha value is -2.56. The highest BCUT2D eigenvalue weighted by molar-refractivity contribution is 5.83. The summed E-state index contributed by atoms with van der Waals surface area (Å²) < 4.78 is 4.27. The maximum absolute atomic E-state index is 12.7. The second-order valence-electron chi connectivity index (χ2n) is 6.95. The molecule has 3 heterocycles. The molecule has 0 radical (unpaired) electrons. The van der Waals surface area contributed by atoms with Gasteiger partial charge in [0.25, 0.3) is 0 Å². The molecule has 0 saturated carbocycles. The minimum Gasteiger partial charge on any atom is -0.341 e. The van der Waals surface area contributed by atoms with Gasteiger partial charge in [-0.2, -0.15) is 0 Å². The van der Waals surface area contributed by atoms with E-state index in [9.17, 15) is 4.79 Å². The number of aryl methyl sites for hydroxylation is 1. The number of piperidine rings is 1. The number of carbonyl (C=O) groups is 1. The quantitative estimate of drug-likeness (QED) is 0.735. The van der Waals surface area contributed by atoms with Gasteiger partial charge in [0.1, 0.15) is 12.4 Å². The van der Waals surface area contributed by atoms with Gasteiger partial charge < -0.3 is 14.0 Å². The van der Waals surface area contributed by atoms with Gasteiger partial charge in [0.05, 0.1) is 0 Å². The number of fused-ring (bicyclic) bond motifs is 1. The Labute approximate surface area is 147 Å². The van der Waals surface area contributed by atoms with Crippen LogP contribution in [0.4, 0.5) is 0 Å². The highest BCUT2D eigenvalue weighted by Gasteiger charge is 2.23. The van der Waals surface area contributed by atoms with Gasteiger partial charge in [0, 0.05) is 43.7 Å². The fraction of sp³-hybridized carbons (Fsp3) is 0.400. The van der Waals surface area contributed by atoms with E-state index in [0.717, 1.165) is 43.8 Å². The molecule has 1 amide bonds. The zero-order valence-electron chi connectivity index (χ0n) is 14.6. The maximum Gasteiger partial charge on any atom is 0.242 e. The fourth-order valence-corrected chi connectivity index (χ4v) is 3.76. The molecule has 1 aromatic carbocycles. The number of amides is 1. The lowest BCUT2D eigenvalue weighted by molar-refractivity contribution is -0.133. The molecule has 5 nitrogen and oxygen atoms in total. The van der Waals surface area contributed by atoms with Gasteiger partial charge in [-0.25, -0.2) is 4.98 Å². The summed E-state index contributed by atoms with van der Waals surface area (Å²) in [6, 6.07) is 10.3. The molecule has 4 rings (SSSR count). The van der Waals surface area contributed by atoms with E-state index in [1.54, 1.807) is 0 Å². The molecule has 1 aliphatic rings. The van der Waals surface area contributed by atoms with E-state index in [-0.39, 0.29) is 5.91 Å². The van der Waals surface area contributed by atoms with Crippen LogP contribution in [0.3, 0.4) is 0 Å². The lowest BCUT2D eigenvalue weighted by Crippen LogP contribution is -2.40. The van der Waals surface area contributed by atoms with Crippen molar-refractivity contribution in [1.29, 1.82) is 0 Å². The zero-order valence-corrected chi connectivity index (χ0v) is 14.6. The van der Waals surface area contributed by atoms with E-state index < -0.39 is 0 Å². The number of imidazole rings is 1. The third kappa shape index (κ3) is 3.31. The van der Waals surface area contributed by atoms with Crippen molar-refractivity contribution in [2.75, 3.05) is 13.1 Å². The average molecular weight is 336 g/mol. The summed E-state index contributed by atoms with van der Waals surface area (Å²) in [6.45, 7) is 5.20. The molecule has 0 spiro atoms. The van der Waals surface area contributed by atoms with Gasteiger partial charge in [-0.1, -0.05) is 18.2 Å². The standard InChI is InChI=1S/C20H24N4O/c1-16-21-9-13-23(16)14-17-6-10-22(11-7-17)20(25)15-24-12-8-18-4-2-3-5-19(18)24/h2-5,8-9,12-13,17H,6-7,10-11,14-15H2,1H3. The van der Waals surface area contributed by atoms with Crippen LogP contribution in [-0.2, 0) is 17.9 Å². The monoisotopic (exact) mass is 336 g/mol. The molecular weight excluding hydrogens is 312 g/mol. The summed E-state index contributed by atoms with van der Waals surface area (Å²) in [5.74, 6) is 1.92. The molecule has 0 atom stereocenters. The van der Waals surface area contributed by atoms with Crippen LogP contribution in [0.5, 0.6) is 0 Å². The molecule has 2 aromatic heterocycles. The second-order valence-corrected chi connectivity index (χ2v) is 6.95. The molecule has 0 bridgehead atoms. The molecule has 1 fully saturated rings. The number of hydrogen-bond donors (Lipinski definition) is 0. The van der Waals surface area contributed by atoms with E-state index >= 15 is 0 Å². The van der Waals surface area contributed by atoms with Crippen molar-refractivity contribution in [3.05, 3.63) is 54.7 Å². The van der Waals surface area contributed by atoms with Crippen LogP contribution in [0, 0.1) is 12.8 Å². The molecule has 0 N–H and O–H groups in total. The van der Waals surface area contributed by atoms with Crippen LogP contribution >= 0.6 is 0 Å². The number of carbonyl (C=O) groups excluding carboxylic acids is 1. The summed E-state index contributed by atoms with van der Waals surface area (Å²) in [7, 11) is 0. The zero-order chi connectivity index (χ0) is 17.2. The van der Waals surface area contributed by atoms with Crippen molar-refractivity contribution < 1.29 is 4.79 Å². The van der Waals surface area contributed by atoms with Crippen LogP contribution in [-0.4, -0.2) is 38.0 Å². The van der Waals surface area contributed by atoms with Crippen LogP contribution in [0.1, 0.15) is 18.7 Å². The first-order chi connectivity index (χ1) is 12.2. The Kier molecular flexibility index (Phi) is 4.30. The third-order valence-corrected chi connectivity index (χ3v) is 5.33. The Bertz CT molecular complexity index is 871. The van der Waals surface area contributed by atoms with E-state index in [1.807, 2.05) is 42.5 Å². The predicted molar refractivity (Wildman–Crippen MR) is 98.2 cm³/mol. The first-order valence-electron chi connectivity index (χ1n) is 9.00. The molecular formula is C20H24N4O. The largest absolute Gasteiger partial charge is 0.341 e. The topological polar surface area (TPSA) is 43.1 Å². The fourth-order valence-electron chi connectivity index (χ4n) is 3.76. The van der Waals surface area contributed by atoms with Crippen molar-refractivity contribution in [3.8, 4) is 0 Å². The van der Waals surface area contributed by atoms with Gasteiger partial charge in [-0.15, -0.1) is 0 Å². The summed E-state index contributed by atoms with van der Waals surface area (Å²) in [5, 5.41) is 1.18. The third-order valence-electron chi connectivity index (χ3n) is 5.33. The highest BCUT2D eigenvalue weighted by atomic mass is 16.2. The minimum absolute atomic E-state index is 0.221. The van der Waals surface area contributed by atoms with Crippen molar-refractivity contribution in [3.63, 3.8) is 0 Å². The lowest BCUT2D eigenvalue weighted by Gasteiger charge is -2.32. The molecule has 5 heteroatoms. The van der Waals surface area contributed by atoms with Gasteiger partial charge in [-0.3, -0.25) is 4.79 Å². The number of benzene rings is 1. The van der Waals surface area contributed by atoms with Crippen molar-refractivity contribution in [1.82, 2.24) is 19.0 Å². The average Bonchev–Trinajstić information content (AvgIpc) is 3.22. The van der Waals surface area contributed by atoms with Gasteiger partial charge in [-0.05, 0) is 43.2 Å². The summed E-state index contributed by atoms with van der Waals surface area (Å²) in [5.41, 5.74) is 1.13. The summed E-state index contributed by atoms with van der Waals surface area (Å²) in [4.78, 5) is 19.0. The smallest absolute Gasteiger partial charge is 0.242 e. The van der Waals surface area contributed by atoms with E-state index in [2.05, 4.69) is 32.3 Å². The number of para-hydroxylation sites is 1. The minimum atomic E-state index is 0.221. The highest BCUT2D eigenvalue weighted by Crippen LogP contribution is 2.21. The van der Waals surface area contributed by atoms with Gasteiger partial charge in [0.2, 0.25) is 5.91 Å². The molecule has 3 aromatic rings. The Morgan fingerprint density at radius 1 is 1.12 bits per heavy atom. The normalized spacial score (nSPS) is 15.8. The van der Waals surface area contributed by atoms with Gasteiger partial charge >= 0.3 is 0 Å². The molecule has 0 aliphatic carbocycles. The summed E-state index contributed by atoms with van der Waals surface area (Å²) >= 11 is 0. The van der Waals surface area contributed by atoms with Crippen LogP contribution in [0.15, 0.2) is 48.9 Å². The van der Waals surface area contributed by atoms with Crippen molar-refractivity contribution in [2.24, 2.45) is 5.92 Å². The van der Waals surface area contributed by atoms with Crippen molar-refractivity contribution in [2.45, 2.75) is 32.9 Å². The Balaban J connectivity index is 1.34. The van der Waals surface area contributed by atoms with Crippen LogP contribution in [0.25, 0.3) is 10.9 Å². The number of nitrogens with zero attached hydrogens (tertiary/aromatic N) is 4. The lowest BCUT2D eigenvalue weighted by atomic mass is 9.96. The van der Waals surface area contributed by atoms with E-state index in [4.69, 9.17) is 0 Å². The molecule has 25 heavy (non-hydrogen) atoms. The maximum atomic E-state index is 12.7. The van der Waals surface area contributed by atoms with Gasteiger partial charge in [0.15, 0.2) is 0 Å². The Morgan fingerprint density at radius 3 is 2.68 bits per heavy atom. The van der Waals surface area contributed by atoms with E-state index in [0.29, 0.717) is 12.5 Å². The number of aromatic nitrogens is 3. The molecule has 0 unspecified atom stereocenters. The SMILES string of the molecule is Cc1nccn1CC1CCN(C(=O)Cn2ccc3ccccc32)CC1. The molecule has 1 saturated heterocycles.